The molecule has 1 unspecified atom stereocenters. The summed E-state index contributed by atoms with van der Waals surface area (Å²) in [7, 11) is 0. The number of aliphatic carboxylic acids is 1. The van der Waals surface area contributed by atoms with Crippen LogP contribution in [0.25, 0.3) is 0 Å². The molecule has 39 heavy (non-hydrogen) atoms. The molecule has 1 atom stereocenters. The number of carboxylic acid groups (broad SMARTS) is 1. The number of amides is 1. The van der Waals surface area contributed by atoms with Gasteiger partial charge < -0.3 is 19.9 Å². The van der Waals surface area contributed by atoms with E-state index in [0.29, 0.717) is 64.9 Å². The summed E-state index contributed by atoms with van der Waals surface area (Å²) < 4.78 is 12.6. The molecule has 2 aliphatic carbocycles. The Bertz CT molecular complexity index is 1430. The summed E-state index contributed by atoms with van der Waals surface area (Å²) in [6.45, 7) is 0.834. The van der Waals surface area contributed by atoms with Crippen LogP contribution in [-0.2, 0) is 11.2 Å². The molecule has 0 aromatic heterocycles. The third-order valence-electron chi connectivity index (χ3n) is 7.69. The van der Waals surface area contributed by atoms with Gasteiger partial charge in [0, 0.05) is 33.3 Å². The van der Waals surface area contributed by atoms with Crippen molar-refractivity contribution in [3.05, 3.63) is 86.4 Å². The first kappa shape index (κ1) is 26.0. The normalized spacial score (nSPS) is 18.2. The van der Waals surface area contributed by atoms with Gasteiger partial charge in [0.25, 0.3) is 5.91 Å². The van der Waals surface area contributed by atoms with Crippen LogP contribution >= 0.6 is 23.2 Å². The lowest BCUT2D eigenvalue weighted by Crippen LogP contribution is -2.25. The number of nitrogens with one attached hydrogen (secondary N) is 1. The first-order valence-corrected chi connectivity index (χ1v) is 14.2. The predicted octanol–water partition coefficient (Wildman–Crippen LogP) is 7.46. The number of hydrogen-bond donors (Lipinski definition) is 2. The molecule has 6 rings (SSSR count). The van der Waals surface area contributed by atoms with Crippen LogP contribution in [-0.4, -0.2) is 30.1 Å². The summed E-state index contributed by atoms with van der Waals surface area (Å²) >= 11 is 12.2. The van der Waals surface area contributed by atoms with Crippen molar-refractivity contribution < 1.29 is 24.2 Å². The number of benzene rings is 3. The van der Waals surface area contributed by atoms with Gasteiger partial charge in [-0.25, -0.2) is 0 Å². The molecule has 0 bridgehead atoms. The number of carboxylic acids is 1. The Morgan fingerprint density at radius 1 is 0.949 bits per heavy atom. The molecule has 1 heterocycles. The van der Waals surface area contributed by atoms with Crippen LogP contribution in [0.3, 0.4) is 0 Å². The second-order valence-electron chi connectivity index (χ2n) is 10.6. The van der Waals surface area contributed by atoms with E-state index in [4.69, 9.17) is 32.7 Å². The number of fused-ring (bicyclic) bond motifs is 1. The minimum absolute atomic E-state index is 0.175. The molecule has 3 aromatic rings. The average molecular weight is 566 g/mol. The van der Waals surface area contributed by atoms with Gasteiger partial charge >= 0.3 is 5.97 Å². The van der Waals surface area contributed by atoms with E-state index in [2.05, 4.69) is 5.32 Å². The zero-order valence-electron chi connectivity index (χ0n) is 21.3. The third kappa shape index (κ3) is 5.59. The monoisotopic (exact) mass is 565 g/mol. The average Bonchev–Trinajstić information content (AvgIpc) is 3.84. The van der Waals surface area contributed by atoms with Crippen LogP contribution in [0, 0.1) is 0 Å². The van der Waals surface area contributed by atoms with Crippen molar-refractivity contribution in [2.45, 2.75) is 56.3 Å². The van der Waals surface area contributed by atoms with Crippen LogP contribution in [0.15, 0.2) is 48.5 Å². The van der Waals surface area contributed by atoms with Gasteiger partial charge in [-0.1, -0.05) is 29.3 Å². The second-order valence-corrected chi connectivity index (χ2v) is 11.4. The van der Waals surface area contributed by atoms with Crippen molar-refractivity contribution >= 4 is 35.1 Å². The Kier molecular flexibility index (Phi) is 7.17. The van der Waals surface area contributed by atoms with Crippen molar-refractivity contribution in [1.82, 2.24) is 5.32 Å². The third-order valence-corrected chi connectivity index (χ3v) is 8.27. The molecular formula is C31H29Cl2NO5. The molecular weight excluding hydrogens is 537 g/mol. The summed E-state index contributed by atoms with van der Waals surface area (Å²) in [4.78, 5) is 24.7. The Morgan fingerprint density at radius 3 is 2.36 bits per heavy atom. The Labute approximate surface area is 237 Å². The highest BCUT2D eigenvalue weighted by Gasteiger charge is 2.41. The van der Waals surface area contributed by atoms with Crippen LogP contribution < -0.4 is 14.8 Å². The summed E-state index contributed by atoms with van der Waals surface area (Å²) in [6.07, 6.45) is 5.29. The van der Waals surface area contributed by atoms with E-state index in [1.807, 2.05) is 12.1 Å². The summed E-state index contributed by atoms with van der Waals surface area (Å²) in [5.74, 6) is 1.31. The summed E-state index contributed by atoms with van der Waals surface area (Å²) in [5, 5.41) is 14.0. The van der Waals surface area contributed by atoms with E-state index in [-0.39, 0.29) is 5.91 Å². The van der Waals surface area contributed by atoms with E-state index in [9.17, 15) is 14.7 Å². The number of halogens is 2. The molecule has 3 aliphatic rings. The first-order chi connectivity index (χ1) is 18.9. The standard InChI is InChI=1S/C31H29Cl2NO5/c32-21-8-5-18(26(33)15-21)11-13-34-30(35)20-6-9-22(10-7-20)39-29-24(17-1-2-17)16-25-23(31(36)37)12-14-38-28(25)27(29)19-3-4-19/h5-10,15-17,19,23H,1-4,11-14H2,(H,34,35)(H,36,37). The second kappa shape index (κ2) is 10.7. The topological polar surface area (TPSA) is 84.9 Å². The zero-order chi connectivity index (χ0) is 27.1. The van der Waals surface area contributed by atoms with Gasteiger partial charge in [0.15, 0.2) is 0 Å². The lowest BCUT2D eigenvalue weighted by atomic mass is 9.86. The fraction of sp³-hybridized carbons (Fsp3) is 0.355. The maximum atomic E-state index is 12.7. The number of rotatable bonds is 9. The molecule has 1 amide bonds. The fourth-order valence-corrected chi connectivity index (χ4v) is 5.81. The molecule has 2 fully saturated rings. The highest BCUT2D eigenvalue weighted by Crippen LogP contribution is 2.58. The highest BCUT2D eigenvalue weighted by molar-refractivity contribution is 6.35. The molecule has 8 heteroatoms. The summed E-state index contributed by atoms with van der Waals surface area (Å²) in [5.41, 5.74) is 4.34. The van der Waals surface area contributed by atoms with Crippen molar-refractivity contribution in [3.63, 3.8) is 0 Å². The van der Waals surface area contributed by atoms with Crippen molar-refractivity contribution in [2.75, 3.05) is 13.2 Å². The van der Waals surface area contributed by atoms with Crippen LogP contribution in [0.5, 0.6) is 17.2 Å². The number of carbonyl (C=O) groups is 2. The molecule has 1 aliphatic heterocycles. The van der Waals surface area contributed by atoms with Gasteiger partial charge in [-0.15, -0.1) is 0 Å². The van der Waals surface area contributed by atoms with E-state index >= 15 is 0 Å². The molecule has 0 saturated heterocycles. The molecule has 2 N–H and O–H groups in total. The molecule has 3 aromatic carbocycles. The number of hydrogen-bond acceptors (Lipinski definition) is 4. The fourth-order valence-electron chi connectivity index (χ4n) is 5.31. The zero-order valence-corrected chi connectivity index (χ0v) is 22.9. The summed E-state index contributed by atoms with van der Waals surface area (Å²) in [6, 6.07) is 14.5. The lowest BCUT2D eigenvalue weighted by molar-refractivity contribution is -0.139. The Hall–Kier alpha value is -3.22. The van der Waals surface area contributed by atoms with Crippen LogP contribution in [0.4, 0.5) is 0 Å². The highest BCUT2D eigenvalue weighted by atomic mass is 35.5. The first-order valence-electron chi connectivity index (χ1n) is 13.5. The molecule has 202 valence electrons. The van der Waals surface area contributed by atoms with E-state index in [0.717, 1.165) is 53.7 Å². The van der Waals surface area contributed by atoms with Gasteiger partial charge in [0.05, 0.1) is 12.5 Å². The van der Waals surface area contributed by atoms with Crippen molar-refractivity contribution in [3.8, 4) is 17.2 Å². The van der Waals surface area contributed by atoms with Gasteiger partial charge in [0.1, 0.15) is 17.2 Å². The Morgan fingerprint density at radius 2 is 1.69 bits per heavy atom. The SMILES string of the molecule is O=C(NCCc1ccc(Cl)cc1Cl)c1ccc(Oc2c(C3CC3)cc3c(c2C2CC2)OCCC3C(=O)O)cc1. The lowest BCUT2D eigenvalue weighted by Gasteiger charge is -2.28. The smallest absolute Gasteiger partial charge is 0.311 e. The predicted molar refractivity (Wildman–Crippen MR) is 150 cm³/mol. The van der Waals surface area contributed by atoms with Crippen molar-refractivity contribution in [1.29, 1.82) is 0 Å². The van der Waals surface area contributed by atoms with Crippen molar-refractivity contribution in [2.24, 2.45) is 0 Å². The largest absolute Gasteiger partial charge is 0.493 e. The molecule has 0 radical (unpaired) electrons. The van der Waals surface area contributed by atoms with Gasteiger partial charge in [0.2, 0.25) is 0 Å². The maximum absolute atomic E-state index is 12.7. The Balaban J connectivity index is 1.20. The van der Waals surface area contributed by atoms with Crippen LogP contribution in [0.2, 0.25) is 10.0 Å². The molecule has 0 spiro atoms. The minimum Gasteiger partial charge on any atom is -0.493 e. The molecule has 6 nitrogen and oxygen atoms in total. The van der Waals surface area contributed by atoms with Gasteiger partial charge in [-0.3, -0.25) is 9.59 Å². The quantitative estimate of drug-likeness (QED) is 0.281. The molecule has 2 saturated carbocycles. The minimum atomic E-state index is -0.804. The number of carbonyl (C=O) groups excluding carboxylic acids is 1. The van der Waals surface area contributed by atoms with E-state index in [1.165, 1.54) is 0 Å². The van der Waals surface area contributed by atoms with E-state index < -0.39 is 11.9 Å². The number of ether oxygens (including phenoxy) is 2. The maximum Gasteiger partial charge on any atom is 0.311 e. The van der Waals surface area contributed by atoms with E-state index in [1.54, 1.807) is 36.4 Å². The van der Waals surface area contributed by atoms with Gasteiger partial charge in [-0.05, 0) is 104 Å². The van der Waals surface area contributed by atoms with Gasteiger partial charge in [-0.2, -0.15) is 0 Å². The van der Waals surface area contributed by atoms with Crippen LogP contribution in [0.1, 0.15) is 82.5 Å².